The lowest BCUT2D eigenvalue weighted by molar-refractivity contribution is -0.268. The van der Waals surface area contributed by atoms with Crippen molar-refractivity contribution in [3.63, 3.8) is 0 Å². The summed E-state index contributed by atoms with van der Waals surface area (Å²) in [5, 5.41) is 30.9. The second-order valence-corrected chi connectivity index (χ2v) is 12.0. The third kappa shape index (κ3) is 8.65. The van der Waals surface area contributed by atoms with Gasteiger partial charge in [0.15, 0.2) is 0 Å². The van der Waals surface area contributed by atoms with Crippen LogP contribution in [0, 0.1) is 0 Å². The lowest BCUT2D eigenvalue weighted by Crippen LogP contribution is -2.50. The van der Waals surface area contributed by atoms with Gasteiger partial charge in [-0.2, -0.15) is 26.3 Å². The lowest BCUT2D eigenvalue weighted by atomic mass is 9.92. The molecule has 54 heavy (non-hydrogen) atoms. The number of nitrogens with one attached hydrogen (secondary N) is 6. The van der Waals surface area contributed by atoms with Gasteiger partial charge in [0.05, 0.1) is 13.2 Å². The minimum Gasteiger partial charge on any atom is -0.463 e. The highest BCUT2D eigenvalue weighted by Crippen LogP contribution is 2.44. The number of benzene rings is 2. The Morgan fingerprint density at radius 3 is 1.33 bits per heavy atom. The van der Waals surface area contributed by atoms with E-state index in [1.54, 1.807) is 0 Å². The SMILES string of the molecule is CCOC(=O)C(O)(c1c[nH]c2ccc(NC(=O)NCCCCCCNC(=O)Nc3ccc4[nH]cc(C(O)(C(=O)OCC)C(F)(F)F)c4c3)cc12)C(F)(F)F. The molecular formula is C34H38F6N6O8. The third-order valence-electron chi connectivity index (χ3n) is 8.30. The van der Waals surface area contributed by atoms with Gasteiger partial charge in [-0.15, -0.1) is 0 Å². The Bertz CT molecular complexity index is 1840. The van der Waals surface area contributed by atoms with Crippen LogP contribution in [0.15, 0.2) is 48.8 Å². The zero-order valence-corrected chi connectivity index (χ0v) is 28.9. The van der Waals surface area contributed by atoms with Crippen LogP contribution in [0.1, 0.15) is 50.7 Å². The highest BCUT2D eigenvalue weighted by Gasteiger charge is 2.64. The van der Waals surface area contributed by atoms with Gasteiger partial charge in [0, 0.05) is 69.8 Å². The first-order chi connectivity index (χ1) is 25.4. The maximum Gasteiger partial charge on any atom is 0.432 e. The molecule has 0 bridgehead atoms. The van der Waals surface area contributed by atoms with Gasteiger partial charge in [0.25, 0.3) is 11.2 Å². The summed E-state index contributed by atoms with van der Waals surface area (Å²) in [7, 11) is 0. The smallest absolute Gasteiger partial charge is 0.432 e. The summed E-state index contributed by atoms with van der Waals surface area (Å²) in [4.78, 5) is 54.4. The number of anilines is 2. The number of aliphatic hydroxyl groups is 2. The molecule has 294 valence electrons. The fraction of sp³-hybridized carbons (Fsp3) is 0.412. The number of H-pyrrole nitrogens is 2. The highest BCUT2D eigenvalue weighted by molar-refractivity contribution is 5.98. The quantitative estimate of drug-likeness (QED) is 0.0421. The number of fused-ring (bicyclic) bond motifs is 2. The Balaban J connectivity index is 1.22. The lowest BCUT2D eigenvalue weighted by Gasteiger charge is -2.27. The maximum absolute atomic E-state index is 13.9. The minimum absolute atomic E-state index is 0.0894. The van der Waals surface area contributed by atoms with Gasteiger partial charge in [-0.1, -0.05) is 12.8 Å². The van der Waals surface area contributed by atoms with E-state index in [1.807, 2.05) is 0 Å². The van der Waals surface area contributed by atoms with Crippen molar-refractivity contribution in [2.45, 2.75) is 63.1 Å². The number of urea groups is 2. The number of aromatic amines is 2. The van der Waals surface area contributed by atoms with E-state index in [2.05, 4.69) is 40.7 Å². The molecule has 4 amide bonds. The Labute approximate surface area is 302 Å². The number of alkyl halides is 6. The number of amides is 4. The van der Waals surface area contributed by atoms with E-state index >= 15 is 0 Å². The first kappa shape index (κ1) is 41.3. The first-order valence-electron chi connectivity index (χ1n) is 16.6. The normalized spacial score (nSPS) is 14.2. The molecule has 0 radical (unpaired) electrons. The highest BCUT2D eigenvalue weighted by atomic mass is 19.4. The summed E-state index contributed by atoms with van der Waals surface area (Å²) in [6.07, 6.45) is -6.76. The van der Waals surface area contributed by atoms with Gasteiger partial charge in [0.2, 0.25) is 0 Å². The van der Waals surface area contributed by atoms with Crippen LogP contribution < -0.4 is 21.3 Å². The Morgan fingerprint density at radius 2 is 1.00 bits per heavy atom. The Kier molecular flexibility index (Phi) is 12.7. The summed E-state index contributed by atoms with van der Waals surface area (Å²) in [5.74, 6) is -3.78. The van der Waals surface area contributed by atoms with E-state index in [1.165, 1.54) is 50.2 Å². The van der Waals surface area contributed by atoms with E-state index in [-0.39, 0.29) is 46.3 Å². The molecule has 8 N–H and O–H groups in total. The van der Waals surface area contributed by atoms with Crippen LogP contribution in [0.4, 0.5) is 47.3 Å². The fourth-order valence-corrected chi connectivity index (χ4v) is 5.58. The summed E-state index contributed by atoms with van der Waals surface area (Å²) < 4.78 is 92.3. The summed E-state index contributed by atoms with van der Waals surface area (Å²) in [5.41, 5.74) is -8.97. The molecule has 2 aromatic carbocycles. The van der Waals surface area contributed by atoms with Crippen LogP contribution in [0.2, 0.25) is 0 Å². The van der Waals surface area contributed by atoms with E-state index in [0.717, 1.165) is 12.4 Å². The van der Waals surface area contributed by atoms with Crippen molar-refractivity contribution >= 4 is 57.2 Å². The topological polar surface area (TPSA) is 207 Å². The van der Waals surface area contributed by atoms with Crippen molar-refractivity contribution < 1.29 is 65.2 Å². The van der Waals surface area contributed by atoms with Crippen LogP contribution in [-0.4, -0.2) is 82.8 Å². The van der Waals surface area contributed by atoms with Gasteiger partial charge in [-0.25, -0.2) is 19.2 Å². The van der Waals surface area contributed by atoms with Crippen molar-refractivity contribution in [3.05, 3.63) is 59.9 Å². The Morgan fingerprint density at radius 1 is 0.630 bits per heavy atom. The van der Waals surface area contributed by atoms with Crippen molar-refractivity contribution in [1.82, 2.24) is 20.6 Å². The molecule has 0 saturated heterocycles. The molecule has 14 nitrogen and oxygen atoms in total. The van der Waals surface area contributed by atoms with Crippen molar-refractivity contribution in [2.75, 3.05) is 36.9 Å². The van der Waals surface area contributed by atoms with Crippen LogP contribution >= 0.6 is 0 Å². The number of hydrogen-bond acceptors (Lipinski definition) is 8. The number of rotatable bonds is 15. The molecule has 0 spiro atoms. The zero-order chi connectivity index (χ0) is 39.9. The van der Waals surface area contributed by atoms with Crippen molar-refractivity contribution in [2.24, 2.45) is 0 Å². The molecule has 0 saturated carbocycles. The predicted octanol–water partition coefficient (Wildman–Crippen LogP) is 5.78. The second kappa shape index (κ2) is 16.7. The standard InChI is InChI=1S/C34H38F6N6O8/c1-3-53-27(47)31(51,33(35,36)37)23-17-43-25-11-9-19(15-21(23)25)45-29(49)41-13-7-5-6-8-14-42-30(50)46-20-10-12-26-22(16-20)24(18-44-26)32(52,34(38,39)40)28(48)54-4-2/h9-12,15-18,43-44,51-52H,3-8,13-14H2,1-2H3,(H2,41,45,49)(H2,42,46,50). The number of unbranched alkanes of at least 4 members (excludes halogenated alkanes) is 3. The molecule has 2 atom stereocenters. The number of ether oxygens (including phenoxy) is 2. The first-order valence-corrected chi connectivity index (χ1v) is 16.6. The Hall–Kier alpha value is -5.50. The van der Waals surface area contributed by atoms with Crippen molar-refractivity contribution in [1.29, 1.82) is 0 Å². The molecular weight excluding hydrogens is 734 g/mol. The molecule has 0 aliphatic carbocycles. The van der Waals surface area contributed by atoms with Gasteiger partial charge in [-0.05, 0) is 63.1 Å². The molecule has 0 aliphatic heterocycles. The average Bonchev–Trinajstić information content (AvgIpc) is 3.72. The zero-order valence-electron chi connectivity index (χ0n) is 28.9. The van der Waals surface area contributed by atoms with E-state index in [9.17, 15) is 55.7 Å². The van der Waals surface area contributed by atoms with Gasteiger partial charge in [-0.3, -0.25) is 0 Å². The number of halogens is 6. The second-order valence-electron chi connectivity index (χ2n) is 12.0. The molecule has 4 rings (SSSR count). The van der Waals surface area contributed by atoms with Gasteiger partial charge < -0.3 is 50.9 Å². The monoisotopic (exact) mass is 772 g/mol. The third-order valence-corrected chi connectivity index (χ3v) is 8.30. The molecule has 0 aliphatic rings. The number of carbonyl (C=O) groups excluding carboxylic acids is 4. The largest absolute Gasteiger partial charge is 0.463 e. The molecule has 4 aromatic rings. The number of esters is 2. The van der Waals surface area contributed by atoms with Crippen LogP contribution in [0.5, 0.6) is 0 Å². The van der Waals surface area contributed by atoms with Crippen LogP contribution in [0.3, 0.4) is 0 Å². The minimum atomic E-state index is -5.41. The molecule has 2 aromatic heterocycles. The summed E-state index contributed by atoms with van der Waals surface area (Å²) in [6, 6.07) is 6.60. The predicted molar refractivity (Wildman–Crippen MR) is 182 cm³/mol. The fourth-order valence-electron chi connectivity index (χ4n) is 5.58. The average molecular weight is 773 g/mol. The summed E-state index contributed by atoms with van der Waals surface area (Å²) in [6.45, 7) is 2.27. The molecule has 2 unspecified atom stereocenters. The summed E-state index contributed by atoms with van der Waals surface area (Å²) >= 11 is 0. The number of carbonyl (C=O) groups is 4. The van der Waals surface area contributed by atoms with Gasteiger partial charge in [0.1, 0.15) is 0 Å². The molecule has 0 fully saturated rings. The van der Waals surface area contributed by atoms with E-state index < -0.39 is 71.9 Å². The molecule has 2 heterocycles. The maximum atomic E-state index is 13.9. The van der Waals surface area contributed by atoms with Crippen LogP contribution in [-0.2, 0) is 30.3 Å². The van der Waals surface area contributed by atoms with E-state index in [4.69, 9.17) is 0 Å². The molecule has 20 heteroatoms. The van der Waals surface area contributed by atoms with Crippen molar-refractivity contribution in [3.8, 4) is 0 Å². The van der Waals surface area contributed by atoms with Gasteiger partial charge >= 0.3 is 36.4 Å². The van der Waals surface area contributed by atoms with Crippen LogP contribution in [0.25, 0.3) is 21.8 Å². The number of aromatic nitrogens is 2. The number of hydrogen-bond donors (Lipinski definition) is 8. The van der Waals surface area contributed by atoms with E-state index in [0.29, 0.717) is 25.7 Å².